The van der Waals surface area contributed by atoms with Gasteiger partial charge in [0.05, 0.1) is 42.9 Å². The number of hydrogen-bond donors (Lipinski definition) is 2. The van der Waals surface area contributed by atoms with Crippen molar-refractivity contribution in [2.75, 3.05) is 31.0 Å². The summed E-state index contributed by atoms with van der Waals surface area (Å²) in [7, 11) is 1.35. The second-order valence-electron chi connectivity index (χ2n) is 10.4. The largest absolute Gasteiger partial charge is 0.464 e. The van der Waals surface area contributed by atoms with Crippen LogP contribution in [-0.2, 0) is 40.3 Å². The van der Waals surface area contributed by atoms with Crippen molar-refractivity contribution in [3.63, 3.8) is 0 Å². The molecule has 1 saturated heterocycles. The van der Waals surface area contributed by atoms with E-state index in [0.717, 1.165) is 42.0 Å². The summed E-state index contributed by atoms with van der Waals surface area (Å²) in [6.45, 7) is 8.99. The highest BCUT2D eigenvalue weighted by atomic mass is 16.5. The first-order valence-electron chi connectivity index (χ1n) is 14.2. The smallest absolute Gasteiger partial charge is 0.356 e. The molecule has 5 rings (SSSR count). The second-order valence-corrected chi connectivity index (χ2v) is 10.4. The van der Waals surface area contributed by atoms with Crippen molar-refractivity contribution in [3.8, 4) is 0 Å². The molecule has 3 aromatic heterocycles. The highest BCUT2D eigenvalue weighted by molar-refractivity contribution is 6.11. The topological polar surface area (TPSA) is 112 Å². The van der Waals surface area contributed by atoms with Crippen LogP contribution in [-0.4, -0.2) is 51.5 Å². The van der Waals surface area contributed by atoms with Crippen molar-refractivity contribution in [3.05, 3.63) is 70.8 Å². The van der Waals surface area contributed by atoms with Gasteiger partial charge in [-0.1, -0.05) is 30.3 Å². The summed E-state index contributed by atoms with van der Waals surface area (Å²) in [5, 5.41) is 11.8. The molecule has 1 unspecified atom stereocenters. The van der Waals surface area contributed by atoms with E-state index in [4.69, 9.17) is 14.5 Å². The molecule has 2 N–H and O–H groups in total. The van der Waals surface area contributed by atoms with Gasteiger partial charge in [-0.2, -0.15) is 5.10 Å². The fourth-order valence-corrected chi connectivity index (χ4v) is 5.52. The number of aromatic nitrogens is 4. The van der Waals surface area contributed by atoms with E-state index in [1.807, 2.05) is 40.4 Å². The minimum atomic E-state index is -0.520. The van der Waals surface area contributed by atoms with Crippen LogP contribution in [0.5, 0.6) is 0 Å². The van der Waals surface area contributed by atoms with Crippen LogP contribution in [0.3, 0.4) is 0 Å². The molecule has 0 saturated carbocycles. The van der Waals surface area contributed by atoms with Gasteiger partial charge in [-0.3, -0.25) is 9.48 Å². The van der Waals surface area contributed by atoms with Gasteiger partial charge in [0.25, 0.3) is 0 Å². The molecule has 4 aromatic rings. The summed E-state index contributed by atoms with van der Waals surface area (Å²) in [5.41, 5.74) is 6.57. The van der Waals surface area contributed by atoms with Gasteiger partial charge in [-0.05, 0) is 51.7 Å². The summed E-state index contributed by atoms with van der Waals surface area (Å²) in [4.78, 5) is 31.2. The number of hydrogen-bond acceptors (Lipinski definition) is 7. The quantitative estimate of drug-likeness (QED) is 0.253. The van der Waals surface area contributed by atoms with Crippen LogP contribution < -0.4 is 10.6 Å². The molecule has 0 bridgehead atoms. The number of pyridine rings is 1. The van der Waals surface area contributed by atoms with Crippen LogP contribution in [0.1, 0.15) is 52.8 Å². The fraction of sp³-hybridized carbons (Fsp3) is 0.419. The zero-order chi connectivity index (χ0) is 28.9. The number of carbonyl (C=O) groups is 2. The van der Waals surface area contributed by atoms with Crippen LogP contribution in [0.2, 0.25) is 0 Å². The van der Waals surface area contributed by atoms with Crippen molar-refractivity contribution in [2.45, 2.75) is 59.7 Å². The van der Waals surface area contributed by atoms with Crippen molar-refractivity contribution >= 4 is 34.3 Å². The Hall–Kier alpha value is -4.18. The minimum Gasteiger partial charge on any atom is -0.464 e. The van der Waals surface area contributed by atoms with Gasteiger partial charge in [0, 0.05) is 42.9 Å². The molecule has 1 aliphatic rings. The van der Waals surface area contributed by atoms with Gasteiger partial charge in [0.2, 0.25) is 5.91 Å². The Labute approximate surface area is 240 Å². The Bertz CT molecular complexity index is 1540. The number of rotatable bonds is 11. The van der Waals surface area contributed by atoms with Gasteiger partial charge in [-0.25, -0.2) is 9.78 Å². The standard InChI is InChI=1S/C31H38N6O4/c1-5-37-21(3)26(20(2)35-37)18-32-24-16-25-27(34-30(38)23-13-15-41-19-23)28(31(39)40-4)36(29(25)33-17-24)14-9-12-22-10-7-6-8-11-22/h6-8,10-11,16-17,23,32H,5,9,12-15,18-19H2,1-4H3,(H,34,38). The predicted octanol–water partition coefficient (Wildman–Crippen LogP) is 4.88. The van der Waals surface area contributed by atoms with Gasteiger partial charge in [0.1, 0.15) is 5.65 Å². The highest BCUT2D eigenvalue weighted by Gasteiger charge is 2.30. The molecule has 0 spiro atoms. The Morgan fingerprint density at radius 2 is 2.00 bits per heavy atom. The molecule has 0 radical (unpaired) electrons. The van der Waals surface area contributed by atoms with Crippen LogP contribution >= 0.6 is 0 Å². The minimum absolute atomic E-state index is 0.174. The molecule has 1 amide bonds. The van der Waals surface area contributed by atoms with E-state index in [-0.39, 0.29) is 11.8 Å². The number of nitrogens with one attached hydrogen (secondary N) is 2. The number of carbonyl (C=O) groups excluding carboxylic acids is 2. The number of nitrogens with zero attached hydrogens (tertiary/aromatic N) is 4. The Morgan fingerprint density at radius 3 is 2.68 bits per heavy atom. The van der Waals surface area contributed by atoms with E-state index in [9.17, 15) is 9.59 Å². The summed E-state index contributed by atoms with van der Waals surface area (Å²) in [6.07, 6.45) is 4.03. The SMILES string of the molecule is CCn1nc(C)c(CNc2cnc3c(c2)c(NC(=O)C2CCOC2)c(C(=O)OC)n3CCCc2ccccc2)c1C. The molecule has 41 heavy (non-hydrogen) atoms. The first kappa shape index (κ1) is 28.4. The number of fused-ring (bicyclic) bond motifs is 1. The molecular formula is C31H38N6O4. The summed E-state index contributed by atoms with van der Waals surface area (Å²) in [5.74, 6) is -0.965. The number of ether oxygens (including phenoxy) is 2. The Kier molecular flexibility index (Phi) is 8.68. The van der Waals surface area contributed by atoms with Gasteiger partial charge < -0.3 is 24.7 Å². The number of anilines is 2. The molecule has 1 aromatic carbocycles. The number of amides is 1. The number of esters is 1. The van der Waals surface area contributed by atoms with Gasteiger partial charge in [0.15, 0.2) is 5.69 Å². The lowest BCUT2D eigenvalue weighted by atomic mass is 10.1. The average Bonchev–Trinajstić information content (AvgIpc) is 3.70. The lowest BCUT2D eigenvalue weighted by Gasteiger charge is -2.12. The number of benzene rings is 1. The van der Waals surface area contributed by atoms with Crippen LogP contribution in [0.4, 0.5) is 11.4 Å². The third-order valence-corrected chi connectivity index (χ3v) is 7.82. The molecule has 0 aliphatic carbocycles. The van der Waals surface area contributed by atoms with E-state index >= 15 is 0 Å². The summed E-state index contributed by atoms with van der Waals surface area (Å²) in [6, 6.07) is 12.2. The van der Waals surface area contributed by atoms with E-state index in [2.05, 4.69) is 41.7 Å². The summed E-state index contributed by atoms with van der Waals surface area (Å²) >= 11 is 0. The highest BCUT2D eigenvalue weighted by Crippen LogP contribution is 2.34. The van der Waals surface area contributed by atoms with Crippen molar-refractivity contribution in [1.82, 2.24) is 19.3 Å². The summed E-state index contributed by atoms with van der Waals surface area (Å²) < 4.78 is 14.5. The lowest BCUT2D eigenvalue weighted by Crippen LogP contribution is -2.24. The van der Waals surface area contributed by atoms with Crippen molar-refractivity contribution in [2.24, 2.45) is 5.92 Å². The Morgan fingerprint density at radius 1 is 1.20 bits per heavy atom. The maximum atomic E-state index is 13.2. The van der Waals surface area contributed by atoms with E-state index < -0.39 is 5.97 Å². The molecule has 10 nitrogen and oxygen atoms in total. The lowest BCUT2D eigenvalue weighted by molar-refractivity contribution is -0.119. The van der Waals surface area contributed by atoms with Gasteiger partial charge in [-0.15, -0.1) is 0 Å². The molecule has 10 heteroatoms. The van der Waals surface area contributed by atoms with Crippen LogP contribution in [0.15, 0.2) is 42.6 Å². The monoisotopic (exact) mass is 558 g/mol. The average molecular weight is 559 g/mol. The van der Waals surface area contributed by atoms with Gasteiger partial charge >= 0.3 is 5.97 Å². The second kappa shape index (κ2) is 12.6. The number of methoxy groups -OCH3 is 1. The van der Waals surface area contributed by atoms with E-state index in [1.165, 1.54) is 12.7 Å². The maximum absolute atomic E-state index is 13.2. The molecule has 1 atom stereocenters. The fourth-order valence-electron chi connectivity index (χ4n) is 5.52. The first-order valence-corrected chi connectivity index (χ1v) is 14.2. The third kappa shape index (κ3) is 5.97. The predicted molar refractivity (Wildman–Crippen MR) is 158 cm³/mol. The van der Waals surface area contributed by atoms with Crippen molar-refractivity contribution < 1.29 is 19.1 Å². The first-order chi connectivity index (χ1) is 19.9. The molecular weight excluding hydrogens is 520 g/mol. The maximum Gasteiger partial charge on any atom is 0.356 e. The molecule has 4 heterocycles. The van der Waals surface area contributed by atoms with E-state index in [1.54, 1.807) is 6.20 Å². The van der Waals surface area contributed by atoms with E-state index in [0.29, 0.717) is 55.1 Å². The zero-order valence-electron chi connectivity index (χ0n) is 24.2. The Balaban J connectivity index is 1.50. The molecule has 1 fully saturated rings. The zero-order valence-corrected chi connectivity index (χ0v) is 24.2. The van der Waals surface area contributed by atoms with Crippen LogP contribution in [0.25, 0.3) is 11.0 Å². The molecule has 1 aliphatic heterocycles. The van der Waals surface area contributed by atoms with Crippen molar-refractivity contribution in [1.29, 1.82) is 0 Å². The normalized spacial score (nSPS) is 14.9. The van der Waals surface area contributed by atoms with Crippen LogP contribution in [0, 0.1) is 19.8 Å². The molecule has 216 valence electrons. The third-order valence-electron chi connectivity index (χ3n) is 7.82. The number of aryl methyl sites for hydroxylation is 4.